The molecular formula is C16H23NO. The van der Waals surface area contributed by atoms with Crippen molar-refractivity contribution in [2.45, 2.75) is 39.0 Å². The number of amides is 1. The van der Waals surface area contributed by atoms with E-state index in [0.29, 0.717) is 11.8 Å². The maximum Gasteiger partial charge on any atom is 0.222 e. The Morgan fingerprint density at radius 1 is 1.28 bits per heavy atom. The highest BCUT2D eigenvalue weighted by molar-refractivity contribution is 5.78. The van der Waals surface area contributed by atoms with Gasteiger partial charge in [-0.05, 0) is 24.3 Å². The maximum absolute atomic E-state index is 11.9. The zero-order valence-electron chi connectivity index (χ0n) is 11.3. The fraction of sp³-hybridized carbons (Fsp3) is 0.562. The summed E-state index contributed by atoms with van der Waals surface area (Å²) < 4.78 is 0. The first kappa shape index (κ1) is 13.1. The molecule has 2 rings (SSSR count). The van der Waals surface area contributed by atoms with Crippen LogP contribution in [-0.2, 0) is 11.2 Å². The standard InChI is InChI=1S/C16H23NO/c1-2-3-7-15-12-16(18)17(13-15)11-10-14-8-5-4-6-9-14/h4-6,8-9,15H,2-3,7,10-13H2,1H3/t15-/m1/s1. The second-order valence-electron chi connectivity index (χ2n) is 5.29. The van der Waals surface area contributed by atoms with E-state index in [2.05, 4.69) is 31.2 Å². The van der Waals surface area contributed by atoms with Crippen molar-refractivity contribution < 1.29 is 4.79 Å². The summed E-state index contributed by atoms with van der Waals surface area (Å²) in [6.07, 6.45) is 5.45. The minimum Gasteiger partial charge on any atom is -0.342 e. The molecule has 1 aliphatic rings. The third-order valence-corrected chi connectivity index (χ3v) is 3.77. The Bertz CT molecular complexity index is 374. The van der Waals surface area contributed by atoms with Crippen molar-refractivity contribution in [2.24, 2.45) is 5.92 Å². The summed E-state index contributed by atoms with van der Waals surface area (Å²) >= 11 is 0. The van der Waals surface area contributed by atoms with Crippen LogP contribution in [0.25, 0.3) is 0 Å². The summed E-state index contributed by atoms with van der Waals surface area (Å²) in [7, 11) is 0. The number of unbranched alkanes of at least 4 members (excludes halogenated alkanes) is 1. The van der Waals surface area contributed by atoms with Gasteiger partial charge in [-0.15, -0.1) is 0 Å². The minimum atomic E-state index is 0.354. The first-order valence-electron chi connectivity index (χ1n) is 7.11. The molecule has 1 heterocycles. The van der Waals surface area contributed by atoms with E-state index >= 15 is 0 Å². The van der Waals surface area contributed by atoms with E-state index in [1.807, 2.05) is 11.0 Å². The molecule has 2 heteroatoms. The lowest BCUT2D eigenvalue weighted by Gasteiger charge is -2.16. The van der Waals surface area contributed by atoms with Crippen LogP contribution in [-0.4, -0.2) is 23.9 Å². The predicted molar refractivity (Wildman–Crippen MR) is 74.4 cm³/mol. The second-order valence-corrected chi connectivity index (χ2v) is 5.29. The van der Waals surface area contributed by atoms with Crippen LogP contribution in [0.4, 0.5) is 0 Å². The Morgan fingerprint density at radius 3 is 2.78 bits per heavy atom. The van der Waals surface area contributed by atoms with Gasteiger partial charge in [0, 0.05) is 19.5 Å². The van der Waals surface area contributed by atoms with E-state index in [1.54, 1.807) is 0 Å². The highest BCUT2D eigenvalue weighted by atomic mass is 16.2. The molecule has 1 atom stereocenters. The number of hydrogen-bond acceptors (Lipinski definition) is 1. The monoisotopic (exact) mass is 245 g/mol. The maximum atomic E-state index is 11.9. The van der Waals surface area contributed by atoms with Crippen molar-refractivity contribution in [1.82, 2.24) is 4.90 Å². The third kappa shape index (κ3) is 3.59. The minimum absolute atomic E-state index is 0.354. The Kier molecular flexibility index (Phi) is 4.80. The number of nitrogens with zero attached hydrogens (tertiary/aromatic N) is 1. The van der Waals surface area contributed by atoms with Crippen molar-refractivity contribution in [3.63, 3.8) is 0 Å². The van der Waals surface area contributed by atoms with Gasteiger partial charge in [-0.2, -0.15) is 0 Å². The van der Waals surface area contributed by atoms with Crippen molar-refractivity contribution in [2.75, 3.05) is 13.1 Å². The summed E-state index contributed by atoms with van der Waals surface area (Å²) in [5, 5.41) is 0. The smallest absolute Gasteiger partial charge is 0.222 e. The van der Waals surface area contributed by atoms with Crippen molar-refractivity contribution in [1.29, 1.82) is 0 Å². The number of benzene rings is 1. The topological polar surface area (TPSA) is 20.3 Å². The van der Waals surface area contributed by atoms with Crippen LogP contribution in [0.2, 0.25) is 0 Å². The molecule has 18 heavy (non-hydrogen) atoms. The molecular weight excluding hydrogens is 222 g/mol. The van der Waals surface area contributed by atoms with Crippen LogP contribution in [0, 0.1) is 5.92 Å². The Hall–Kier alpha value is -1.31. The largest absolute Gasteiger partial charge is 0.342 e. The average Bonchev–Trinajstić information content (AvgIpc) is 2.76. The number of hydrogen-bond donors (Lipinski definition) is 0. The fourth-order valence-electron chi connectivity index (χ4n) is 2.66. The van der Waals surface area contributed by atoms with Crippen LogP contribution in [0.15, 0.2) is 30.3 Å². The highest BCUT2D eigenvalue weighted by Crippen LogP contribution is 2.23. The Labute approximate surface area is 110 Å². The lowest BCUT2D eigenvalue weighted by Crippen LogP contribution is -2.27. The van der Waals surface area contributed by atoms with Crippen LogP contribution in [0.3, 0.4) is 0 Å². The lowest BCUT2D eigenvalue weighted by molar-refractivity contribution is -0.127. The normalized spacial score (nSPS) is 19.5. The number of carbonyl (C=O) groups excluding carboxylic acids is 1. The summed E-state index contributed by atoms with van der Waals surface area (Å²) in [6.45, 7) is 4.07. The lowest BCUT2D eigenvalue weighted by atomic mass is 10.0. The second kappa shape index (κ2) is 6.58. The van der Waals surface area contributed by atoms with E-state index < -0.39 is 0 Å². The molecule has 1 aromatic rings. The molecule has 0 spiro atoms. The molecule has 0 saturated carbocycles. The first-order valence-corrected chi connectivity index (χ1v) is 7.11. The molecule has 98 valence electrons. The van der Waals surface area contributed by atoms with Crippen molar-refractivity contribution in [3.05, 3.63) is 35.9 Å². The van der Waals surface area contributed by atoms with Gasteiger partial charge in [-0.1, -0.05) is 50.1 Å². The van der Waals surface area contributed by atoms with Gasteiger partial charge >= 0.3 is 0 Å². The highest BCUT2D eigenvalue weighted by Gasteiger charge is 2.28. The van der Waals surface area contributed by atoms with Gasteiger partial charge in [0.1, 0.15) is 0 Å². The summed E-state index contributed by atoms with van der Waals surface area (Å²) in [4.78, 5) is 13.9. The number of rotatable bonds is 6. The van der Waals surface area contributed by atoms with Crippen molar-refractivity contribution in [3.8, 4) is 0 Å². The molecule has 2 nitrogen and oxygen atoms in total. The molecule has 1 amide bonds. The number of likely N-dealkylation sites (tertiary alicyclic amines) is 1. The summed E-state index contributed by atoms with van der Waals surface area (Å²) in [6, 6.07) is 10.4. The van der Waals surface area contributed by atoms with Crippen LogP contribution >= 0.6 is 0 Å². The molecule has 0 bridgehead atoms. The SMILES string of the molecule is CCCC[C@@H]1CC(=O)N(CCc2ccccc2)C1. The van der Waals surface area contributed by atoms with Crippen LogP contribution in [0.1, 0.15) is 38.2 Å². The molecule has 1 fully saturated rings. The molecule has 1 aromatic carbocycles. The molecule has 0 radical (unpaired) electrons. The zero-order chi connectivity index (χ0) is 12.8. The zero-order valence-corrected chi connectivity index (χ0v) is 11.3. The van der Waals surface area contributed by atoms with Gasteiger partial charge in [0.2, 0.25) is 5.91 Å². The van der Waals surface area contributed by atoms with Gasteiger partial charge in [0.15, 0.2) is 0 Å². The molecule has 0 aromatic heterocycles. The molecule has 0 unspecified atom stereocenters. The van der Waals surface area contributed by atoms with Gasteiger partial charge in [-0.3, -0.25) is 4.79 Å². The summed E-state index contributed by atoms with van der Waals surface area (Å²) in [5.74, 6) is 0.959. The molecule has 0 N–H and O–H groups in total. The Balaban J connectivity index is 1.78. The van der Waals surface area contributed by atoms with E-state index in [1.165, 1.54) is 24.8 Å². The van der Waals surface area contributed by atoms with Crippen LogP contribution in [0.5, 0.6) is 0 Å². The van der Waals surface area contributed by atoms with Crippen LogP contribution < -0.4 is 0 Å². The fourth-order valence-corrected chi connectivity index (χ4v) is 2.66. The molecule has 0 aliphatic carbocycles. The summed E-state index contributed by atoms with van der Waals surface area (Å²) in [5.41, 5.74) is 1.32. The van der Waals surface area contributed by atoms with Gasteiger partial charge in [0.25, 0.3) is 0 Å². The van der Waals surface area contributed by atoms with Crippen molar-refractivity contribution >= 4 is 5.91 Å². The third-order valence-electron chi connectivity index (χ3n) is 3.77. The van der Waals surface area contributed by atoms with Gasteiger partial charge in [0.05, 0.1) is 0 Å². The number of carbonyl (C=O) groups is 1. The van der Waals surface area contributed by atoms with E-state index in [-0.39, 0.29) is 0 Å². The first-order chi connectivity index (χ1) is 8.79. The van der Waals surface area contributed by atoms with Gasteiger partial charge in [-0.25, -0.2) is 0 Å². The van der Waals surface area contributed by atoms with Gasteiger partial charge < -0.3 is 4.90 Å². The molecule has 1 saturated heterocycles. The Morgan fingerprint density at radius 2 is 2.06 bits per heavy atom. The molecule has 1 aliphatic heterocycles. The van der Waals surface area contributed by atoms with E-state index in [4.69, 9.17) is 0 Å². The quantitative estimate of drug-likeness (QED) is 0.753. The van der Waals surface area contributed by atoms with E-state index in [0.717, 1.165) is 25.9 Å². The average molecular weight is 245 g/mol. The van der Waals surface area contributed by atoms with E-state index in [9.17, 15) is 4.79 Å². The predicted octanol–water partition coefficient (Wildman–Crippen LogP) is 3.27.